The third-order valence-corrected chi connectivity index (χ3v) is 3.93. The molecule has 2 heteroatoms. The van der Waals surface area contributed by atoms with E-state index in [1.807, 2.05) is 0 Å². The van der Waals surface area contributed by atoms with Crippen molar-refractivity contribution in [3.63, 3.8) is 0 Å². The molecule has 2 aromatic rings. The van der Waals surface area contributed by atoms with Gasteiger partial charge in [-0.2, -0.15) is 0 Å². The van der Waals surface area contributed by atoms with E-state index in [-0.39, 0.29) is 5.41 Å². The molecule has 0 aliphatic rings. The van der Waals surface area contributed by atoms with Gasteiger partial charge in [-0.3, -0.25) is 0 Å². The van der Waals surface area contributed by atoms with Gasteiger partial charge in [-0.25, -0.2) is 0 Å². The minimum absolute atomic E-state index is 0.173. The van der Waals surface area contributed by atoms with Crippen molar-refractivity contribution in [3.8, 4) is 0 Å². The van der Waals surface area contributed by atoms with Crippen LogP contribution in [0.15, 0.2) is 22.6 Å². The van der Waals surface area contributed by atoms with Crippen molar-refractivity contribution in [3.05, 3.63) is 35.1 Å². The highest BCUT2D eigenvalue weighted by atomic mass is 16.3. The van der Waals surface area contributed by atoms with Crippen LogP contribution < -0.4 is 5.32 Å². The third kappa shape index (κ3) is 3.68. The molecule has 2 rings (SSSR count). The van der Waals surface area contributed by atoms with Crippen LogP contribution in [0.25, 0.3) is 11.0 Å². The number of hydrogen-bond donors (Lipinski definition) is 1. The first kappa shape index (κ1) is 16.1. The second kappa shape index (κ2) is 6.23. The van der Waals surface area contributed by atoms with E-state index in [0.717, 1.165) is 30.9 Å². The topological polar surface area (TPSA) is 25.2 Å². The Morgan fingerprint density at radius 3 is 2.48 bits per heavy atom. The fraction of sp³-hybridized carbons (Fsp3) is 0.579. The zero-order valence-electron chi connectivity index (χ0n) is 14.3. The van der Waals surface area contributed by atoms with E-state index in [2.05, 4.69) is 65.1 Å². The van der Waals surface area contributed by atoms with E-state index in [4.69, 9.17) is 4.42 Å². The minimum atomic E-state index is 0.173. The first-order chi connectivity index (χ1) is 9.82. The Balaban J connectivity index is 2.35. The van der Waals surface area contributed by atoms with Gasteiger partial charge in [0.1, 0.15) is 11.3 Å². The fourth-order valence-corrected chi connectivity index (χ4v) is 2.67. The lowest BCUT2D eigenvalue weighted by atomic mass is 9.86. The van der Waals surface area contributed by atoms with Crippen molar-refractivity contribution in [1.82, 2.24) is 5.32 Å². The monoisotopic (exact) mass is 287 g/mol. The largest absolute Gasteiger partial charge is 0.459 e. The summed E-state index contributed by atoms with van der Waals surface area (Å²) in [4.78, 5) is 0. The average molecular weight is 287 g/mol. The first-order valence-electron chi connectivity index (χ1n) is 8.08. The van der Waals surface area contributed by atoms with Gasteiger partial charge in [-0.15, -0.1) is 0 Å². The van der Waals surface area contributed by atoms with Crippen molar-refractivity contribution in [1.29, 1.82) is 0 Å². The third-order valence-electron chi connectivity index (χ3n) is 3.93. The van der Waals surface area contributed by atoms with Gasteiger partial charge in [0.05, 0.1) is 6.54 Å². The molecule has 0 aliphatic heterocycles. The molecule has 1 aromatic heterocycles. The average Bonchev–Trinajstić information content (AvgIpc) is 2.73. The predicted molar refractivity (Wildman–Crippen MR) is 90.8 cm³/mol. The maximum atomic E-state index is 6.08. The molecular formula is C19H29NO. The van der Waals surface area contributed by atoms with Crippen LogP contribution in [0, 0.1) is 5.92 Å². The molecule has 0 atom stereocenters. The molecule has 21 heavy (non-hydrogen) atoms. The second-order valence-corrected chi connectivity index (χ2v) is 7.34. The van der Waals surface area contributed by atoms with Crippen LogP contribution in [0.2, 0.25) is 0 Å². The molecule has 0 bridgehead atoms. The van der Waals surface area contributed by atoms with E-state index in [0.29, 0.717) is 5.92 Å². The maximum Gasteiger partial charge on any atom is 0.134 e. The number of aryl methyl sites for hydroxylation is 1. The van der Waals surface area contributed by atoms with Gasteiger partial charge in [-0.05, 0) is 42.0 Å². The molecule has 0 spiro atoms. The fourth-order valence-electron chi connectivity index (χ4n) is 2.67. The van der Waals surface area contributed by atoms with Gasteiger partial charge in [0.15, 0.2) is 0 Å². The van der Waals surface area contributed by atoms with Crippen LogP contribution >= 0.6 is 0 Å². The Morgan fingerprint density at radius 1 is 1.19 bits per heavy atom. The summed E-state index contributed by atoms with van der Waals surface area (Å²) in [5.41, 5.74) is 3.91. The Kier molecular flexibility index (Phi) is 4.77. The molecule has 1 N–H and O–H groups in total. The standard InChI is InChI=1S/C19H29NO/c1-7-15-16-10-14(19(4,5)6)8-9-17(16)21-18(15)12-20-11-13(2)3/h8-10,13,20H,7,11-12H2,1-6H3. The maximum absolute atomic E-state index is 6.08. The molecule has 116 valence electrons. The molecule has 1 heterocycles. The van der Waals surface area contributed by atoms with E-state index < -0.39 is 0 Å². The smallest absolute Gasteiger partial charge is 0.134 e. The zero-order valence-corrected chi connectivity index (χ0v) is 14.3. The number of nitrogens with one attached hydrogen (secondary N) is 1. The number of furan rings is 1. The number of hydrogen-bond acceptors (Lipinski definition) is 2. The highest BCUT2D eigenvalue weighted by Gasteiger charge is 2.18. The molecule has 1 aromatic carbocycles. The molecule has 0 saturated heterocycles. The summed E-state index contributed by atoms with van der Waals surface area (Å²) in [5, 5.41) is 4.77. The van der Waals surface area contributed by atoms with Crippen LogP contribution in [0.1, 0.15) is 58.4 Å². The molecule has 0 saturated carbocycles. The van der Waals surface area contributed by atoms with Gasteiger partial charge in [-0.1, -0.05) is 47.6 Å². The molecule has 2 nitrogen and oxygen atoms in total. The van der Waals surface area contributed by atoms with Crippen molar-refractivity contribution >= 4 is 11.0 Å². The molecule has 0 radical (unpaired) electrons. The normalized spacial score (nSPS) is 12.5. The summed E-state index contributed by atoms with van der Waals surface area (Å²) in [6.07, 6.45) is 1.01. The SMILES string of the molecule is CCc1c(CNCC(C)C)oc2ccc(C(C)(C)C)cc12. The lowest BCUT2D eigenvalue weighted by Crippen LogP contribution is -2.19. The van der Waals surface area contributed by atoms with Gasteiger partial charge < -0.3 is 9.73 Å². The van der Waals surface area contributed by atoms with Crippen LogP contribution in [-0.2, 0) is 18.4 Å². The van der Waals surface area contributed by atoms with E-state index >= 15 is 0 Å². The van der Waals surface area contributed by atoms with Crippen LogP contribution in [0.4, 0.5) is 0 Å². The van der Waals surface area contributed by atoms with E-state index in [1.54, 1.807) is 0 Å². The number of benzene rings is 1. The molecule has 0 amide bonds. The summed E-state index contributed by atoms with van der Waals surface area (Å²) in [5.74, 6) is 1.76. The number of fused-ring (bicyclic) bond motifs is 1. The first-order valence-corrected chi connectivity index (χ1v) is 8.08. The second-order valence-electron chi connectivity index (χ2n) is 7.34. The van der Waals surface area contributed by atoms with Gasteiger partial charge >= 0.3 is 0 Å². The van der Waals surface area contributed by atoms with Crippen LogP contribution in [0.3, 0.4) is 0 Å². The summed E-state index contributed by atoms with van der Waals surface area (Å²) in [6, 6.07) is 6.63. The Bertz CT molecular complexity index is 602. The Hall–Kier alpha value is -1.28. The Morgan fingerprint density at radius 2 is 1.90 bits per heavy atom. The van der Waals surface area contributed by atoms with Gasteiger partial charge in [0.25, 0.3) is 0 Å². The van der Waals surface area contributed by atoms with Crippen LogP contribution in [0.5, 0.6) is 0 Å². The van der Waals surface area contributed by atoms with Crippen molar-refractivity contribution < 1.29 is 4.42 Å². The van der Waals surface area contributed by atoms with Gasteiger partial charge in [0, 0.05) is 10.9 Å². The summed E-state index contributed by atoms with van der Waals surface area (Å²) < 4.78 is 6.08. The number of rotatable bonds is 5. The van der Waals surface area contributed by atoms with E-state index in [9.17, 15) is 0 Å². The van der Waals surface area contributed by atoms with Crippen molar-refractivity contribution in [2.75, 3.05) is 6.54 Å². The minimum Gasteiger partial charge on any atom is -0.459 e. The van der Waals surface area contributed by atoms with Crippen molar-refractivity contribution in [2.45, 2.75) is 59.9 Å². The van der Waals surface area contributed by atoms with Crippen molar-refractivity contribution in [2.24, 2.45) is 5.92 Å². The lowest BCUT2D eigenvalue weighted by Gasteiger charge is -2.18. The summed E-state index contributed by atoms with van der Waals surface area (Å²) >= 11 is 0. The van der Waals surface area contributed by atoms with Crippen LogP contribution in [-0.4, -0.2) is 6.54 Å². The highest BCUT2D eigenvalue weighted by Crippen LogP contribution is 2.31. The predicted octanol–water partition coefficient (Wildman–Crippen LogP) is 5.04. The highest BCUT2D eigenvalue weighted by molar-refractivity contribution is 5.83. The zero-order chi connectivity index (χ0) is 15.6. The quantitative estimate of drug-likeness (QED) is 0.833. The molecule has 0 aliphatic carbocycles. The molecule has 0 unspecified atom stereocenters. The summed E-state index contributed by atoms with van der Waals surface area (Å²) in [7, 11) is 0. The molecular weight excluding hydrogens is 258 g/mol. The Labute approximate surface area is 128 Å². The molecule has 0 fully saturated rings. The lowest BCUT2D eigenvalue weighted by molar-refractivity contribution is 0.481. The van der Waals surface area contributed by atoms with E-state index in [1.165, 1.54) is 16.5 Å². The summed E-state index contributed by atoms with van der Waals surface area (Å²) in [6.45, 7) is 15.3. The van der Waals surface area contributed by atoms with Gasteiger partial charge in [0.2, 0.25) is 0 Å².